The Hall–Kier alpha value is -2.22. The quantitative estimate of drug-likeness (QED) is 0.114. The third-order valence-electron chi connectivity index (χ3n) is 5.78. The highest BCUT2D eigenvalue weighted by Crippen LogP contribution is 2.37. The molecule has 13 heteroatoms. The molecule has 0 aliphatic heterocycles. The summed E-state index contributed by atoms with van der Waals surface area (Å²) < 4.78 is 68.1. The van der Waals surface area contributed by atoms with Crippen molar-refractivity contribution in [1.82, 2.24) is 5.16 Å². The zero-order valence-electron chi connectivity index (χ0n) is 22.3. The number of hydrogen-bond acceptors (Lipinski definition) is 8. The predicted octanol–water partition coefficient (Wildman–Crippen LogP) is 5.60. The number of sulfonamides is 1. The van der Waals surface area contributed by atoms with Crippen LogP contribution in [0.5, 0.6) is 0 Å². The van der Waals surface area contributed by atoms with E-state index in [1.54, 1.807) is 50.2 Å². The van der Waals surface area contributed by atoms with Gasteiger partial charge in [-0.15, -0.1) is 0 Å². The number of rotatable bonds is 12. The lowest BCUT2D eigenvalue weighted by Crippen LogP contribution is -2.34. The van der Waals surface area contributed by atoms with E-state index in [0.717, 1.165) is 16.6 Å². The van der Waals surface area contributed by atoms with Gasteiger partial charge in [0.05, 0.1) is 23.5 Å². The summed E-state index contributed by atoms with van der Waals surface area (Å²) in [4.78, 5) is 0.00397. The molecule has 0 aliphatic rings. The summed E-state index contributed by atoms with van der Waals surface area (Å²) in [6.45, 7) is 10.1. The van der Waals surface area contributed by atoms with Crippen molar-refractivity contribution >= 4 is 45.7 Å². The molecule has 0 saturated heterocycles. The fourth-order valence-electron chi connectivity index (χ4n) is 3.47. The van der Waals surface area contributed by atoms with Crippen LogP contribution < -0.4 is 4.31 Å². The standard InChI is InChI=1S/C25H33ClN2O7S2Si/c1-18-19(2)27-35-25(18)28(17-33-13-14-38(4,5)6)37(31,32)24-10-8-7-9-22(24)21-12-11-20(15-23(21)26)16-34-36(3,29)30/h7-12,15H,13-14,16-17H2,1-6H3. The molecular weight excluding hydrogens is 568 g/mol. The summed E-state index contributed by atoms with van der Waals surface area (Å²) in [5, 5.41) is 4.19. The second-order valence-electron chi connectivity index (χ2n) is 10.2. The van der Waals surface area contributed by atoms with E-state index in [9.17, 15) is 16.8 Å². The van der Waals surface area contributed by atoms with Crippen LogP contribution in [-0.4, -0.2) is 49.7 Å². The second kappa shape index (κ2) is 11.9. The van der Waals surface area contributed by atoms with Gasteiger partial charge in [0.1, 0.15) is 6.73 Å². The van der Waals surface area contributed by atoms with Crippen LogP contribution in [0.1, 0.15) is 16.8 Å². The number of anilines is 1. The van der Waals surface area contributed by atoms with Gasteiger partial charge < -0.3 is 9.26 Å². The Kier molecular flexibility index (Phi) is 9.48. The van der Waals surface area contributed by atoms with Crippen LogP contribution >= 0.6 is 11.6 Å². The van der Waals surface area contributed by atoms with Crippen molar-refractivity contribution in [3.8, 4) is 11.1 Å². The van der Waals surface area contributed by atoms with Crippen LogP contribution in [0, 0.1) is 13.8 Å². The third-order valence-corrected chi connectivity index (χ3v) is 10.1. The molecule has 0 atom stereocenters. The predicted molar refractivity (Wildman–Crippen MR) is 151 cm³/mol. The van der Waals surface area contributed by atoms with Crippen molar-refractivity contribution < 1.29 is 30.3 Å². The Morgan fingerprint density at radius 2 is 1.71 bits per heavy atom. The molecular formula is C25H33ClN2O7S2Si. The minimum atomic E-state index is -4.19. The first-order chi connectivity index (χ1) is 17.6. The van der Waals surface area contributed by atoms with Crippen LogP contribution in [0.4, 0.5) is 5.88 Å². The first-order valence-corrected chi connectivity index (χ1v) is 19.2. The van der Waals surface area contributed by atoms with Crippen molar-refractivity contribution in [3.05, 3.63) is 64.3 Å². The van der Waals surface area contributed by atoms with Gasteiger partial charge in [-0.3, -0.25) is 4.18 Å². The maximum atomic E-state index is 14.1. The maximum absolute atomic E-state index is 14.1. The summed E-state index contributed by atoms with van der Waals surface area (Å²) in [6, 6.07) is 12.2. The number of aromatic nitrogens is 1. The lowest BCUT2D eigenvalue weighted by atomic mass is 10.0. The Balaban J connectivity index is 2.02. The lowest BCUT2D eigenvalue weighted by molar-refractivity contribution is 0.153. The average Bonchev–Trinajstić information content (AvgIpc) is 3.14. The maximum Gasteiger partial charge on any atom is 0.269 e. The van der Waals surface area contributed by atoms with Gasteiger partial charge in [-0.2, -0.15) is 8.42 Å². The van der Waals surface area contributed by atoms with E-state index < -0.39 is 28.2 Å². The highest BCUT2D eigenvalue weighted by Gasteiger charge is 2.33. The Bertz CT molecular complexity index is 1500. The van der Waals surface area contributed by atoms with Gasteiger partial charge in [-0.05, 0) is 37.6 Å². The molecule has 0 spiro atoms. The number of aryl methyl sites for hydroxylation is 1. The molecule has 208 valence electrons. The number of halogens is 1. The molecule has 0 aliphatic carbocycles. The van der Waals surface area contributed by atoms with Crippen LogP contribution in [0.2, 0.25) is 30.7 Å². The Labute approximate surface area is 230 Å². The molecule has 0 unspecified atom stereocenters. The van der Waals surface area contributed by atoms with Gasteiger partial charge in [0.25, 0.3) is 20.1 Å². The summed E-state index contributed by atoms with van der Waals surface area (Å²) in [5.41, 5.74) is 2.52. The van der Waals surface area contributed by atoms with Crippen molar-refractivity contribution in [2.45, 2.75) is 51.0 Å². The Morgan fingerprint density at radius 1 is 1.03 bits per heavy atom. The van der Waals surface area contributed by atoms with Crippen molar-refractivity contribution in [2.24, 2.45) is 0 Å². The molecule has 0 saturated carbocycles. The van der Waals surface area contributed by atoms with E-state index in [1.807, 2.05) is 0 Å². The molecule has 0 bridgehead atoms. The molecule has 38 heavy (non-hydrogen) atoms. The molecule has 1 aromatic heterocycles. The fourth-order valence-corrected chi connectivity index (χ4v) is 6.43. The molecule has 0 amide bonds. The van der Waals surface area contributed by atoms with Gasteiger partial charge in [0.15, 0.2) is 0 Å². The van der Waals surface area contributed by atoms with Crippen LogP contribution in [0.15, 0.2) is 51.9 Å². The first kappa shape index (κ1) is 30.3. The number of benzene rings is 2. The molecule has 0 radical (unpaired) electrons. The van der Waals surface area contributed by atoms with Gasteiger partial charge in [-0.1, -0.05) is 66.7 Å². The molecule has 9 nitrogen and oxygen atoms in total. The fraction of sp³-hybridized carbons (Fsp3) is 0.400. The van der Waals surface area contributed by atoms with Crippen molar-refractivity contribution in [2.75, 3.05) is 23.9 Å². The zero-order valence-corrected chi connectivity index (χ0v) is 25.7. The van der Waals surface area contributed by atoms with Gasteiger partial charge >= 0.3 is 0 Å². The van der Waals surface area contributed by atoms with E-state index in [1.165, 1.54) is 6.07 Å². The van der Waals surface area contributed by atoms with E-state index in [4.69, 9.17) is 25.0 Å². The van der Waals surface area contributed by atoms with Crippen LogP contribution in [0.25, 0.3) is 11.1 Å². The van der Waals surface area contributed by atoms with E-state index >= 15 is 0 Å². The molecule has 0 N–H and O–H groups in total. The summed E-state index contributed by atoms with van der Waals surface area (Å²) in [5.74, 6) is 0.0877. The van der Waals surface area contributed by atoms with Gasteiger partial charge in [-0.25, -0.2) is 12.7 Å². The molecule has 0 fully saturated rings. The third kappa shape index (κ3) is 7.67. The van der Waals surface area contributed by atoms with Crippen LogP contribution in [-0.2, 0) is 35.7 Å². The molecule has 1 heterocycles. The SMILES string of the molecule is Cc1noc(N(COCC[Si](C)(C)C)S(=O)(=O)c2ccccc2-c2ccc(COS(C)(=O)=O)cc2Cl)c1C. The second-order valence-corrected chi connectivity index (χ2v) is 19.7. The highest BCUT2D eigenvalue weighted by molar-refractivity contribution is 7.93. The van der Waals surface area contributed by atoms with E-state index in [0.29, 0.717) is 34.6 Å². The summed E-state index contributed by atoms with van der Waals surface area (Å²) >= 11 is 6.54. The van der Waals surface area contributed by atoms with Crippen molar-refractivity contribution in [1.29, 1.82) is 0 Å². The number of ether oxygens (including phenoxy) is 1. The topological polar surface area (TPSA) is 116 Å². The summed E-state index contributed by atoms with van der Waals surface area (Å²) in [6.07, 6.45) is 0.961. The minimum Gasteiger partial charge on any atom is -0.360 e. The van der Waals surface area contributed by atoms with E-state index in [-0.39, 0.29) is 29.1 Å². The summed E-state index contributed by atoms with van der Waals surface area (Å²) in [7, 11) is -9.21. The van der Waals surface area contributed by atoms with Gasteiger partial charge in [0.2, 0.25) is 5.88 Å². The van der Waals surface area contributed by atoms with Crippen LogP contribution in [0.3, 0.4) is 0 Å². The smallest absolute Gasteiger partial charge is 0.269 e. The largest absolute Gasteiger partial charge is 0.360 e. The number of nitrogens with zero attached hydrogens (tertiary/aromatic N) is 2. The first-order valence-electron chi connectivity index (χ1n) is 11.9. The minimum absolute atomic E-state index is 0.00397. The lowest BCUT2D eigenvalue weighted by Gasteiger charge is -2.24. The van der Waals surface area contributed by atoms with Gasteiger partial charge in [0, 0.05) is 36.4 Å². The monoisotopic (exact) mass is 600 g/mol. The molecule has 2 aromatic carbocycles. The van der Waals surface area contributed by atoms with Crippen molar-refractivity contribution in [3.63, 3.8) is 0 Å². The molecule has 3 aromatic rings. The Morgan fingerprint density at radius 3 is 2.29 bits per heavy atom. The highest BCUT2D eigenvalue weighted by atomic mass is 35.5. The normalized spacial score (nSPS) is 12.6. The molecule has 3 rings (SSSR count). The number of hydrogen-bond donors (Lipinski definition) is 0. The average molecular weight is 601 g/mol. The van der Waals surface area contributed by atoms with E-state index in [2.05, 4.69) is 24.8 Å². The zero-order chi connectivity index (χ0) is 28.3.